The average molecular weight is 518 g/mol. The highest BCUT2D eigenvalue weighted by atomic mass is 79.9. The van der Waals surface area contributed by atoms with Crippen LogP contribution in [0.1, 0.15) is 57.7 Å². The Bertz CT molecular complexity index is 1270. The number of amides is 1. The molecule has 4 rings (SSSR count). The molecule has 1 N–H and O–H groups in total. The molecule has 0 unspecified atom stereocenters. The summed E-state index contributed by atoms with van der Waals surface area (Å²) in [6, 6.07) is 20.4. The fourth-order valence-corrected chi connectivity index (χ4v) is 4.86. The fraction of sp³-hybridized carbons (Fsp3) is 0.310. The minimum Gasteiger partial charge on any atom is -0.352 e. The quantitative estimate of drug-likeness (QED) is 0.245. The van der Waals surface area contributed by atoms with Gasteiger partial charge in [-0.3, -0.25) is 4.79 Å². The molecule has 5 heteroatoms. The highest BCUT2D eigenvalue weighted by Gasteiger charge is 2.13. The van der Waals surface area contributed by atoms with Gasteiger partial charge in [0.1, 0.15) is 5.82 Å². The lowest BCUT2D eigenvalue weighted by Crippen LogP contribution is -2.24. The minimum absolute atomic E-state index is 0.0156. The van der Waals surface area contributed by atoms with Crippen LogP contribution in [0.3, 0.4) is 0 Å². The topological polar surface area (TPSA) is 46.9 Å². The van der Waals surface area contributed by atoms with Crippen LogP contribution >= 0.6 is 15.9 Å². The zero-order valence-corrected chi connectivity index (χ0v) is 21.8. The van der Waals surface area contributed by atoms with Crippen LogP contribution in [0, 0.1) is 20.8 Å². The molecule has 1 heterocycles. The Kier molecular flexibility index (Phi) is 7.84. The predicted molar refractivity (Wildman–Crippen MR) is 144 cm³/mol. The molecule has 0 aliphatic heterocycles. The molecular formula is C29H32BrN3O. The lowest BCUT2D eigenvalue weighted by molar-refractivity contribution is 0.0953. The molecule has 3 aromatic carbocycles. The van der Waals surface area contributed by atoms with Gasteiger partial charge in [-0.05, 0) is 86.7 Å². The number of para-hydroxylation sites is 2. The number of benzene rings is 3. The summed E-state index contributed by atoms with van der Waals surface area (Å²) in [5, 5.41) is 3.02. The summed E-state index contributed by atoms with van der Waals surface area (Å²) in [5.74, 6) is 1.12. The number of halogens is 1. The zero-order chi connectivity index (χ0) is 24.1. The number of imidazole rings is 1. The molecule has 0 radical (unpaired) electrons. The van der Waals surface area contributed by atoms with Crippen LogP contribution in [0.25, 0.3) is 11.0 Å². The van der Waals surface area contributed by atoms with Crippen LogP contribution in [0.4, 0.5) is 0 Å². The molecule has 0 saturated heterocycles. The van der Waals surface area contributed by atoms with Crippen LogP contribution in [0.15, 0.2) is 65.1 Å². The molecule has 0 fully saturated rings. The number of rotatable bonds is 9. The number of hydrogen-bond acceptors (Lipinski definition) is 2. The number of unbranched alkanes of at least 4 members (excludes halogenated alkanes) is 2. The first-order chi connectivity index (χ1) is 16.4. The van der Waals surface area contributed by atoms with Gasteiger partial charge in [0.05, 0.1) is 11.0 Å². The van der Waals surface area contributed by atoms with Gasteiger partial charge in [-0.25, -0.2) is 4.98 Å². The maximum absolute atomic E-state index is 12.3. The Labute approximate surface area is 210 Å². The summed E-state index contributed by atoms with van der Waals surface area (Å²) in [6.45, 7) is 8.10. The molecule has 176 valence electrons. The van der Waals surface area contributed by atoms with Crippen molar-refractivity contribution in [3.8, 4) is 0 Å². The second-order valence-corrected chi connectivity index (χ2v) is 9.97. The number of fused-ring (bicyclic) bond motifs is 1. The standard InChI is InChI=1S/C29H32BrN3O/c1-20-17-21(2)25(22(3)18-20)19-33-27-10-7-6-9-26(27)32-28(33)11-5-4-8-16-31-29(34)23-12-14-24(30)15-13-23/h6-7,9-10,12-15,17-18H,4-5,8,11,16,19H2,1-3H3,(H,31,34). The van der Waals surface area contributed by atoms with Gasteiger partial charge in [0.15, 0.2) is 0 Å². The van der Waals surface area contributed by atoms with E-state index in [-0.39, 0.29) is 5.91 Å². The third-order valence-electron chi connectivity index (χ3n) is 6.36. The second-order valence-electron chi connectivity index (χ2n) is 9.05. The molecule has 0 atom stereocenters. The molecule has 4 aromatic rings. The molecule has 0 spiro atoms. The van der Waals surface area contributed by atoms with Crippen molar-refractivity contribution >= 4 is 32.9 Å². The normalized spacial score (nSPS) is 11.2. The van der Waals surface area contributed by atoms with Crippen molar-refractivity contribution in [2.45, 2.75) is 53.0 Å². The van der Waals surface area contributed by atoms with Gasteiger partial charge in [-0.15, -0.1) is 0 Å². The van der Waals surface area contributed by atoms with Crippen molar-refractivity contribution in [3.05, 3.63) is 98.8 Å². The summed E-state index contributed by atoms with van der Waals surface area (Å²) in [4.78, 5) is 17.2. The van der Waals surface area contributed by atoms with Gasteiger partial charge in [0.25, 0.3) is 5.91 Å². The van der Waals surface area contributed by atoms with Gasteiger partial charge < -0.3 is 9.88 Å². The molecule has 0 bridgehead atoms. The van der Waals surface area contributed by atoms with E-state index in [0.29, 0.717) is 12.1 Å². The molecule has 0 saturated carbocycles. The number of carbonyl (C=O) groups is 1. The minimum atomic E-state index is -0.0156. The van der Waals surface area contributed by atoms with Gasteiger partial charge in [0.2, 0.25) is 0 Å². The van der Waals surface area contributed by atoms with E-state index in [9.17, 15) is 4.79 Å². The average Bonchev–Trinajstić information content (AvgIpc) is 3.16. The number of hydrogen-bond donors (Lipinski definition) is 1. The van der Waals surface area contributed by atoms with Crippen molar-refractivity contribution in [2.75, 3.05) is 6.54 Å². The number of aromatic nitrogens is 2. The monoisotopic (exact) mass is 517 g/mol. The first kappa shape index (κ1) is 24.2. The van der Waals surface area contributed by atoms with Gasteiger partial charge in [-0.2, -0.15) is 0 Å². The Morgan fingerprint density at radius 1 is 0.941 bits per heavy atom. The predicted octanol–water partition coefficient (Wildman–Crippen LogP) is 6.92. The maximum Gasteiger partial charge on any atom is 0.251 e. The van der Waals surface area contributed by atoms with E-state index in [2.05, 4.69) is 83.0 Å². The Balaban J connectivity index is 1.37. The Morgan fingerprint density at radius 2 is 1.65 bits per heavy atom. The van der Waals surface area contributed by atoms with E-state index in [1.165, 1.54) is 27.8 Å². The summed E-state index contributed by atoms with van der Waals surface area (Å²) < 4.78 is 3.36. The number of nitrogens with one attached hydrogen (secondary N) is 1. The van der Waals surface area contributed by atoms with E-state index in [0.717, 1.165) is 48.0 Å². The van der Waals surface area contributed by atoms with E-state index in [4.69, 9.17) is 4.98 Å². The van der Waals surface area contributed by atoms with Crippen LogP contribution in [0.2, 0.25) is 0 Å². The van der Waals surface area contributed by atoms with Crippen molar-refractivity contribution in [1.29, 1.82) is 0 Å². The third-order valence-corrected chi connectivity index (χ3v) is 6.89. The van der Waals surface area contributed by atoms with E-state index in [1.54, 1.807) is 0 Å². The van der Waals surface area contributed by atoms with Gasteiger partial charge >= 0.3 is 0 Å². The first-order valence-corrected chi connectivity index (χ1v) is 12.8. The fourth-order valence-electron chi connectivity index (χ4n) is 4.60. The SMILES string of the molecule is Cc1cc(C)c(Cn2c(CCCCCNC(=O)c3ccc(Br)cc3)nc3ccccc32)c(C)c1. The van der Waals surface area contributed by atoms with Crippen LogP contribution in [-0.4, -0.2) is 22.0 Å². The lowest BCUT2D eigenvalue weighted by Gasteiger charge is -2.15. The van der Waals surface area contributed by atoms with E-state index >= 15 is 0 Å². The summed E-state index contributed by atoms with van der Waals surface area (Å²) in [7, 11) is 0. The highest BCUT2D eigenvalue weighted by Crippen LogP contribution is 2.23. The van der Waals surface area contributed by atoms with E-state index < -0.39 is 0 Å². The largest absolute Gasteiger partial charge is 0.352 e. The molecule has 1 aromatic heterocycles. The molecule has 0 aliphatic rings. The lowest BCUT2D eigenvalue weighted by atomic mass is 9.99. The van der Waals surface area contributed by atoms with Crippen LogP contribution in [-0.2, 0) is 13.0 Å². The summed E-state index contributed by atoms with van der Waals surface area (Å²) in [6.07, 6.45) is 3.98. The molecular weight excluding hydrogens is 486 g/mol. The van der Waals surface area contributed by atoms with Crippen LogP contribution in [0.5, 0.6) is 0 Å². The van der Waals surface area contributed by atoms with E-state index in [1.807, 2.05) is 24.3 Å². The Hall–Kier alpha value is -2.92. The number of carbonyl (C=O) groups excluding carboxylic acids is 1. The van der Waals surface area contributed by atoms with Crippen molar-refractivity contribution in [1.82, 2.24) is 14.9 Å². The second kappa shape index (κ2) is 11.0. The van der Waals surface area contributed by atoms with Gasteiger partial charge in [0, 0.05) is 29.5 Å². The van der Waals surface area contributed by atoms with Crippen molar-refractivity contribution < 1.29 is 4.79 Å². The summed E-state index contributed by atoms with van der Waals surface area (Å²) >= 11 is 3.40. The number of aryl methyl sites for hydroxylation is 4. The third kappa shape index (κ3) is 5.76. The van der Waals surface area contributed by atoms with Crippen molar-refractivity contribution in [3.63, 3.8) is 0 Å². The smallest absolute Gasteiger partial charge is 0.251 e. The van der Waals surface area contributed by atoms with Crippen LogP contribution < -0.4 is 5.32 Å². The Morgan fingerprint density at radius 3 is 2.38 bits per heavy atom. The highest BCUT2D eigenvalue weighted by molar-refractivity contribution is 9.10. The molecule has 0 aliphatic carbocycles. The first-order valence-electron chi connectivity index (χ1n) is 12.0. The maximum atomic E-state index is 12.3. The summed E-state index contributed by atoms with van der Waals surface area (Å²) in [5.41, 5.74) is 8.30. The molecule has 1 amide bonds. The van der Waals surface area contributed by atoms with Gasteiger partial charge in [-0.1, -0.05) is 52.2 Å². The molecule has 34 heavy (non-hydrogen) atoms. The van der Waals surface area contributed by atoms with Crippen molar-refractivity contribution in [2.24, 2.45) is 0 Å². The molecule has 4 nitrogen and oxygen atoms in total. The zero-order valence-electron chi connectivity index (χ0n) is 20.2. The number of nitrogens with zero attached hydrogens (tertiary/aromatic N) is 2.